The van der Waals surface area contributed by atoms with E-state index in [9.17, 15) is 0 Å². The first kappa shape index (κ1) is 22.0. The van der Waals surface area contributed by atoms with Gasteiger partial charge in [-0.1, -0.05) is 112 Å². The van der Waals surface area contributed by atoms with E-state index in [1.54, 1.807) is 15.6 Å². The van der Waals surface area contributed by atoms with Gasteiger partial charge in [0, 0.05) is 0 Å². The molecule has 0 fully saturated rings. The predicted octanol–water partition coefficient (Wildman–Crippen LogP) is 6.52. The van der Waals surface area contributed by atoms with Crippen LogP contribution >= 0.6 is 0 Å². The van der Waals surface area contributed by atoms with Crippen molar-refractivity contribution in [3.05, 3.63) is 98.4 Å². The molecule has 0 unspecified atom stereocenters. The Morgan fingerprint density at radius 2 is 0.968 bits per heavy atom. The maximum Gasteiger partial charge on any atom is 0.172 e. The Kier molecular flexibility index (Phi) is 5.30. The largest absolute Gasteiger partial charge is 0.172 e. The fourth-order valence-corrected chi connectivity index (χ4v) is 20.0. The van der Waals surface area contributed by atoms with Crippen LogP contribution in [0.1, 0.15) is 38.9 Å². The molecule has 0 saturated carbocycles. The zero-order valence-corrected chi connectivity index (χ0v) is 22.7. The van der Waals surface area contributed by atoms with Crippen LogP contribution in [0.5, 0.6) is 0 Å². The molecule has 3 aromatic rings. The van der Waals surface area contributed by atoms with Gasteiger partial charge in [-0.2, -0.15) is 0 Å². The maximum atomic E-state index is 2.55. The van der Waals surface area contributed by atoms with E-state index in [-0.39, 0.29) is 0 Å². The first-order valence-corrected chi connectivity index (χ1v) is 17.0. The highest BCUT2D eigenvalue weighted by atomic mass is 28.4. The van der Waals surface area contributed by atoms with Crippen LogP contribution in [0.2, 0.25) is 19.6 Å². The summed E-state index contributed by atoms with van der Waals surface area (Å²) in [6.45, 7) is 21.5. The van der Waals surface area contributed by atoms with Crippen LogP contribution in [0.25, 0.3) is 5.20 Å². The second kappa shape index (κ2) is 7.46. The molecule has 160 valence electrons. The highest BCUT2D eigenvalue weighted by Crippen LogP contribution is 2.53. The molecule has 0 nitrogen and oxygen atoms in total. The van der Waals surface area contributed by atoms with Crippen LogP contribution in [-0.2, 0) is 0 Å². The first-order chi connectivity index (χ1) is 14.5. The zero-order chi connectivity index (χ0) is 22.7. The summed E-state index contributed by atoms with van der Waals surface area (Å²) in [7, 11) is -3.72. The molecule has 0 spiro atoms. The van der Waals surface area contributed by atoms with Crippen molar-refractivity contribution < 1.29 is 0 Å². The van der Waals surface area contributed by atoms with E-state index >= 15 is 0 Å². The molecule has 1 heterocycles. The second-order valence-corrected chi connectivity index (χ2v) is 19.7. The van der Waals surface area contributed by atoms with Crippen LogP contribution < -0.4 is 10.4 Å². The fraction of sp³-hybridized carbons (Fsp3) is 0.310. The summed E-state index contributed by atoms with van der Waals surface area (Å²) in [6.07, 6.45) is 0. The Bertz CT molecular complexity index is 1100. The molecule has 2 heteroatoms. The maximum absolute atomic E-state index is 2.55. The van der Waals surface area contributed by atoms with E-state index in [2.05, 4.69) is 116 Å². The van der Waals surface area contributed by atoms with Crippen LogP contribution in [0.15, 0.2) is 59.4 Å². The first-order valence-electron chi connectivity index (χ1n) is 11.5. The van der Waals surface area contributed by atoms with Gasteiger partial charge in [0.15, 0.2) is 8.07 Å². The third kappa shape index (κ3) is 3.41. The van der Waals surface area contributed by atoms with Crippen molar-refractivity contribution in [2.45, 2.75) is 61.2 Å². The Balaban J connectivity index is 2.16. The van der Waals surface area contributed by atoms with E-state index in [4.69, 9.17) is 0 Å². The topological polar surface area (TPSA) is 0 Å². The number of hydrogen-bond donors (Lipinski definition) is 0. The van der Waals surface area contributed by atoms with Crippen LogP contribution in [0.4, 0.5) is 0 Å². The van der Waals surface area contributed by atoms with E-state index in [1.165, 1.54) is 38.9 Å². The zero-order valence-electron chi connectivity index (χ0n) is 20.7. The van der Waals surface area contributed by atoms with Crippen molar-refractivity contribution in [2.24, 2.45) is 0 Å². The third-order valence-electron chi connectivity index (χ3n) is 6.85. The van der Waals surface area contributed by atoms with Gasteiger partial charge >= 0.3 is 0 Å². The average Bonchev–Trinajstić information content (AvgIpc) is 3.31. The minimum Gasteiger partial charge on any atom is -0.0772 e. The van der Waals surface area contributed by atoms with Gasteiger partial charge in [0.2, 0.25) is 0 Å². The predicted molar refractivity (Wildman–Crippen MR) is 143 cm³/mol. The highest BCUT2D eigenvalue weighted by Gasteiger charge is 2.63. The molecule has 0 atom stereocenters. The Hall–Kier alpha value is -2.17. The van der Waals surface area contributed by atoms with Gasteiger partial charge in [-0.25, -0.2) is 0 Å². The van der Waals surface area contributed by atoms with Crippen LogP contribution in [-0.4, -0.2) is 16.1 Å². The molecule has 0 aliphatic carbocycles. The Morgan fingerprint density at radius 1 is 0.581 bits per heavy atom. The van der Waals surface area contributed by atoms with Crippen molar-refractivity contribution >= 4 is 31.7 Å². The molecule has 3 aromatic carbocycles. The summed E-state index contributed by atoms with van der Waals surface area (Å²) in [5.74, 6) is 0. The van der Waals surface area contributed by atoms with Crippen molar-refractivity contribution in [1.82, 2.24) is 0 Å². The van der Waals surface area contributed by atoms with Gasteiger partial charge in [-0.15, -0.1) is 0 Å². The number of rotatable bonds is 4. The molecular weight excluding hydrogens is 404 g/mol. The Morgan fingerprint density at radius 3 is 1.32 bits per heavy atom. The van der Waals surface area contributed by atoms with E-state index in [0.717, 1.165) is 0 Å². The average molecular weight is 441 g/mol. The molecule has 31 heavy (non-hydrogen) atoms. The molecule has 0 aromatic heterocycles. The monoisotopic (exact) mass is 440 g/mol. The lowest BCUT2D eigenvalue weighted by Gasteiger charge is -2.31. The number of aryl methyl sites for hydroxylation is 6. The summed E-state index contributed by atoms with van der Waals surface area (Å²) in [6, 6.07) is 20.9. The Labute approximate surface area is 191 Å². The van der Waals surface area contributed by atoms with Gasteiger partial charge in [-0.05, 0) is 62.7 Å². The highest BCUT2D eigenvalue weighted by molar-refractivity contribution is 7.38. The summed E-state index contributed by atoms with van der Waals surface area (Å²) in [4.78, 5) is 1.84. The molecule has 0 bridgehead atoms. The van der Waals surface area contributed by atoms with E-state index in [0.29, 0.717) is 0 Å². The van der Waals surface area contributed by atoms with Crippen molar-refractivity contribution in [2.75, 3.05) is 0 Å². The second-order valence-electron chi connectivity index (χ2n) is 10.7. The van der Waals surface area contributed by atoms with Gasteiger partial charge in [0.1, 0.15) is 0 Å². The molecule has 0 saturated heterocycles. The normalized spacial score (nSPS) is 15.4. The quantitative estimate of drug-likeness (QED) is 0.405. The molecule has 4 rings (SSSR count). The molecule has 1 aliphatic rings. The molecule has 0 N–H and O–H groups in total. The van der Waals surface area contributed by atoms with Crippen molar-refractivity contribution in [3.8, 4) is 0 Å². The van der Waals surface area contributed by atoms with Gasteiger partial charge in [0.25, 0.3) is 0 Å². The van der Waals surface area contributed by atoms with Gasteiger partial charge in [0.05, 0.1) is 8.07 Å². The van der Waals surface area contributed by atoms with E-state index in [1.807, 2.05) is 4.82 Å². The van der Waals surface area contributed by atoms with Gasteiger partial charge < -0.3 is 0 Å². The summed E-state index contributed by atoms with van der Waals surface area (Å²) in [5.41, 5.74) is 10.1. The van der Waals surface area contributed by atoms with Crippen molar-refractivity contribution in [1.29, 1.82) is 0 Å². The summed E-state index contributed by atoms with van der Waals surface area (Å²) >= 11 is 0. The van der Waals surface area contributed by atoms with E-state index < -0.39 is 16.1 Å². The smallest absolute Gasteiger partial charge is 0.0772 e. The summed E-state index contributed by atoms with van der Waals surface area (Å²) in [5, 5.41) is 5.02. The lowest BCUT2D eigenvalue weighted by Crippen LogP contribution is -2.57. The fourth-order valence-electron chi connectivity index (χ4n) is 6.35. The number of hydrogen-bond acceptors (Lipinski definition) is 0. The lowest BCUT2D eigenvalue weighted by atomic mass is 10.1. The standard InChI is InChI=1S/C29H36Si2/c1-19-15-21(3)26(22(4)16-19)31(27-23(5)17-20(2)18-24(27)6)28(29(31)30(7,8)9)25-13-11-10-12-14-25/h10-18H,1-9H3. The molecule has 1 aliphatic heterocycles. The van der Waals surface area contributed by atoms with Crippen LogP contribution in [0, 0.1) is 41.5 Å². The summed E-state index contributed by atoms with van der Waals surface area (Å²) < 4.78 is 0. The molecule has 0 amide bonds. The molecule has 0 radical (unpaired) electrons. The SMILES string of the molecule is Cc1cc(C)c([Si]2(c3c(C)cc(C)cc3C)C(c3ccccc3)=C2[Si](C)(C)C)c(C)c1. The third-order valence-corrected chi connectivity index (χ3v) is 17.3. The number of benzene rings is 3. The molecular formula is C29H36Si2. The lowest BCUT2D eigenvalue weighted by molar-refractivity contribution is 1.33. The van der Waals surface area contributed by atoms with Crippen molar-refractivity contribution in [3.63, 3.8) is 0 Å². The minimum absolute atomic E-state index is 1.37. The van der Waals surface area contributed by atoms with Gasteiger partial charge in [-0.3, -0.25) is 0 Å². The van der Waals surface area contributed by atoms with Crippen LogP contribution in [0.3, 0.4) is 0 Å². The minimum atomic E-state index is -2.17.